The molecular formula is C22H32N6OS. The number of guanidine groups is 1. The molecule has 8 heteroatoms. The Balaban J connectivity index is 1.26. The number of ether oxygens (including phenoxy) is 1. The van der Waals surface area contributed by atoms with Crippen LogP contribution in [-0.4, -0.2) is 62.9 Å². The van der Waals surface area contributed by atoms with Crippen molar-refractivity contribution in [3.05, 3.63) is 41.4 Å². The zero-order valence-corrected chi connectivity index (χ0v) is 18.7. The maximum Gasteiger partial charge on any atom is 0.191 e. The molecule has 0 spiro atoms. The molecule has 2 aromatic heterocycles. The summed E-state index contributed by atoms with van der Waals surface area (Å²) in [7, 11) is 1.84. The van der Waals surface area contributed by atoms with Crippen LogP contribution >= 0.6 is 11.3 Å². The van der Waals surface area contributed by atoms with E-state index in [9.17, 15) is 0 Å². The van der Waals surface area contributed by atoms with Crippen LogP contribution in [0.1, 0.15) is 25.3 Å². The Hall–Kier alpha value is -2.32. The third-order valence-electron chi connectivity index (χ3n) is 5.71. The summed E-state index contributed by atoms with van der Waals surface area (Å²) >= 11 is 1.82. The standard InChI is InChI=1S/C22H32N6OS/c1-17-16-28(11-12-29-17)20-14-18(5-8-24-20)15-25-22(23-2)26-19-6-9-27(10-7-19)21-4-3-13-30-21/h3-5,8,13-14,17,19H,6-7,9-12,15-16H2,1-2H3,(H2,23,25,26). The highest BCUT2D eigenvalue weighted by molar-refractivity contribution is 7.14. The Morgan fingerprint density at radius 2 is 2.13 bits per heavy atom. The molecule has 1 unspecified atom stereocenters. The lowest BCUT2D eigenvalue weighted by atomic mass is 10.1. The van der Waals surface area contributed by atoms with Crippen LogP contribution in [0.25, 0.3) is 0 Å². The van der Waals surface area contributed by atoms with Gasteiger partial charge in [-0.1, -0.05) is 0 Å². The first kappa shape index (κ1) is 20.9. The van der Waals surface area contributed by atoms with E-state index in [2.05, 4.69) is 67.0 Å². The van der Waals surface area contributed by atoms with Gasteiger partial charge in [0.05, 0.1) is 17.7 Å². The minimum Gasteiger partial charge on any atom is -0.375 e. The number of nitrogens with one attached hydrogen (secondary N) is 2. The molecule has 0 aromatic carbocycles. The van der Waals surface area contributed by atoms with Crippen LogP contribution in [0.4, 0.5) is 10.8 Å². The lowest BCUT2D eigenvalue weighted by molar-refractivity contribution is 0.0529. The van der Waals surface area contributed by atoms with Gasteiger partial charge in [-0.3, -0.25) is 4.99 Å². The topological polar surface area (TPSA) is 65.0 Å². The van der Waals surface area contributed by atoms with Crippen molar-refractivity contribution in [3.8, 4) is 0 Å². The Kier molecular flexibility index (Phi) is 7.07. The predicted octanol–water partition coefficient (Wildman–Crippen LogP) is 2.70. The van der Waals surface area contributed by atoms with Gasteiger partial charge in [-0.15, -0.1) is 11.3 Å². The van der Waals surface area contributed by atoms with E-state index in [1.807, 2.05) is 24.6 Å². The minimum absolute atomic E-state index is 0.247. The predicted molar refractivity (Wildman–Crippen MR) is 125 cm³/mol. The molecule has 30 heavy (non-hydrogen) atoms. The fraction of sp³-hybridized carbons (Fsp3) is 0.545. The van der Waals surface area contributed by atoms with Gasteiger partial charge in [0.25, 0.3) is 0 Å². The number of thiophene rings is 1. The molecule has 4 rings (SSSR count). The number of aromatic nitrogens is 1. The van der Waals surface area contributed by atoms with Crippen LogP contribution in [0.5, 0.6) is 0 Å². The van der Waals surface area contributed by atoms with Crippen LogP contribution in [0.3, 0.4) is 0 Å². The molecule has 1 atom stereocenters. The summed E-state index contributed by atoms with van der Waals surface area (Å²) in [5.74, 6) is 1.89. The van der Waals surface area contributed by atoms with E-state index in [1.165, 1.54) is 10.6 Å². The Morgan fingerprint density at radius 1 is 1.27 bits per heavy atom. The Morgan fingerprint density at radius 3 is 2.87 bits per heavy atom. The largest absolute Gasteiger partial charge is 0.375 e. The molecule has 2 aliphatic heterocycles. The monoisotopic (exact) mass is 428 g/mol. The number of morpholine rings is 1. The van der Waals surface area contributed by atoms with Gasteiger partial charge in [-0.05, 0) is 55.0 Å². The van der Waals surface area contributed by atoms with Gasteiger partial charge in [-0.25, -0.2) is 4.98 Å². The van der Waals surface area contributed by atoms with Gasteiger partial charge in [0, 0.05) is 52.0 Å². The number of nitrogens with zero attached hydrogens (tertiary/aromatic N) is 4. The number of piperidine rings is 1. The normalized spacial score (nSPS) is 21.0. The van der Waals surface area contributed by atoms with Gasteiger partial charge in [0.1, 0.15) is 5.82 Å². The molecule has 0 aliphatic carbocycles. The van der Waals surface area contributed by atoms with E-state index in [0.29, 0.717) is 6.04 Å². The fourth-order valence-corrected chi connectivity index (χ4v) is 4.82. The van der Waals surface area contributed by atoms with Crippen molar-refractivity contribution in [1.82, 2.24) is 15.6 Å². The second-order valence-electron chi connectivity index (χ2n) is 7.93. The summed E-state index contributed by atoms with van der Waals surface area (Å²) in [5.41, 5.74) is 1.20. The smallest absolute Gasteiger partial charge is 0.191 e. The molecule has 0 amide bonds. The van der Waals surface area contributed by atoms with Crippen LogP contribution in [0.2, 0.25) is 0 Å². The summed E-state index contributed by atoms with van der Waals surface area (Å²) in [5, 5.41) is 10.6. The molecule has 2 fully saturated rings. The summed E-state index contributed by atoms with van der Waals surface area (Å²) in [6.45, 7) is 7.54. The molecule has 4 heterocycles. The lowest BCUT2D eigenvalue weighted by Gasteiger charge is -2.33. The number of hydrogen-bond donors (Lipinski definition) is 2. The summed E-state index contributed by atoms with van der Waals surface area (Å²) in [6, 6.07) is 9.01. The van der Waals surface area contributed by atoms with Gasteiger partial charge >= 0.3 is 0 Å². The third-order valence-corrected chi connectivity index (χ3v) is 6.64. The van der Waals surface area contributed by atoms with E-state index < -0.39 is 0 Å². The molecule has 2 aliphatic rings. The summed E-state index contributed by atoms with van der Waals surface area (Å²) in [6.07, 6.45) is 4.38. The highest BCUT2D eigenvalue weighted by Crippen LogP contribution is 2.24. The molecule has 0 saturated carbocycles. The number of anilines is 2. The maximum absolute atomic E-state index is 5.64. The van der Waals surface area contributed by atoms with E-state index in [0.717, 1.165) is 63.9 Å². The van der Waals surface area contributed by atoms with Crippen molar-refractivity contribution in [1.29, 1.82) is 0 Å². The van der Waals surface area contributed by atoms with Crippen molar-refractivity contribution < 1.29 is 4.74 Å². The zero-order valence-electron chi connectivity index (χ0n) is 17.9. The van der Waals surface area contributed by atoms with Crippen LogP contribution < -0.4 is 20.4 Å². The molecule has 0 radical (unpaired) electrons. The van der Waals surface area contributed by atoms with E-state index >= 15 is 0 Å². The summed E-state index contributed by atoms with van der Waals surface area (Å²) in [4.78, 5) is 13.8. The van der Waals surface area contributed by atoms with Crippen molar-refractivity contribution in [2.75, 3.05) is 49.6 Å². The first-order valence-electron chi connectivity index (χ1n) is 10.8. The highest BCUT2D eigenvalue weighted by atomic mass is 32.1. The molecule has 162 valence electrons. The number of hydrogen-bond acceptors (Lipinski definition) is 6. The zero-order chi connectivity index (χ0) is 20.8. The first-order valence-corrected chi connectivity index (χ1v) is 11.7. The molecule has 0 bridgehead atoms. The quantitative estimate of drug-likeness (QED) is 0.564. The van der Waals surface area contributed by atoms with Crippen molar-refractivity contribution in [2.45, 2.75) is 38.5 Å². The first-order chi connectivity index (χ1) is 14.7. The van der Waals surface area contributed by atoms with Crippen molar-refractivity contribution >= 4 is 28.1 Å². The Bertz CT molecular complexity index is 819. The minimum atomic E-state index is 0.247. The molecule has 7 nitrogen and oxygen atoms in total. The van der Waals surface area contributed by atoms with Gasteiger partial charge in [0.2, 0.25) is 0 Å². The fourth-order valence-electron chi connectivity index (χ4n) is 4.04. The molecule has 2 aromatic rings. The van der Waals surface area contributed by atoms with E-state index in [1.54, 1.807) is 0 Å². The average molecular weight is 429 g/mol. The molecule has 2 N–H and O–H groups in total. The molecular weight excluding hydrogens is 396 g/mol. The third kappa shape index (κ3) is 5.43. The number of aliphatic imine (C=N–C) groups is 1. The number of pyridine rings is 1. The van der Waals surface area contributed by atoms with E-state index in [-0.39, 0.29) is 6.10 Å². The van der Waals surface area contributed by atoms with Crippen LogP contribution in [-0.2, 0) is 11.3 Å². The lowest BCUT2D eigenvalue weighted by Crippen LogP contribution is -2.48. The average Bonchev–Trinajstić information content (AvgIpc) is 3.32. The van der Waals surface area contributed by atoms with Gasteiger partial charge < -0.3 is 25.2 Å². The second kappa shape index (κ2) is 10.1. The maximum atomic E-state index is 5.64. The highest BCUT2D eigenvalue weighted by Gasteiger charge is 2.21. The Labute approximate surface area is 183 Å². The summed E-state index contributed by atoms with van der Waals surface area (Å²) < 4.78 is 5.64. The van der Waals surface area contributed by atoms with Crippen molar-refractivity contribution in [3.63, 3.8) is 0 Å². The van der Waals surface area contributed by atoms with E-state index in [4.69, 9.17) is 4.74 Å². The second-order valence-corrected chi connectivity index (χ2v) is 8.86. The number of rotatable bonds is 5. The molecule has 2 saturated heterocycles. The van der Waals surface area contributed by atoms with Crippen molar-refractivity contribution in [2.24, 2.45) is 4.99 Å². The SMILES string of the molecule is CN=C(NCc1ccnc(N2CCOC(C)C2)c1)NC1CCN(c2cccs2)CC1. The van der Waals surface area contributed by atoms with Crippen LogP contribution in [0.15, 0.2) is 40.8 Å². The van der Waals surface area contributed by atoms with Crippen LogP contribution in [0, 0.1) is 0 Å². The van der Waals surface area contributed by atoms with Gasteiger partial charge in [0.15, 0.2) is 5.96 Å². The van der Waals surface area contributed by atoms with Gasteiger partial charge in [-0.2, -0.15) is 0 Å².